The fraction of sp³-hybridized carbons (Fsp3) is 0.163. The molecule has 1 aliphatic heterocycles. The lowest BCUT2D eigenvalue weighted by Crippen LogP contribution is -2.41. The summed E-state index contributed by atoms with van der Waals surface area (Å²) in [5, 5.41) is 2.43. The van der Waals surface area contributed by atoms with Gasteiger partial charge in [0.25, 0.3) is 0 Å². The summed E-state index contributed by atoms with van der Waals surface area (Å²) in [5.41, 5.74) is 10.8. The third kappa shape index (κ3) is 3.89. The number of hydrogen-bond donors (Lipinski definition) is 0. The van der Waals surface area contributed by atoms with Gasteiger partial charge in [0.15, 0.2) is 0 Å². The molecule has 228 valence electrons. The second-order valence-corrected chi connectivity index (χ2v) is 13.9. The Morgan fingerprint density at radius 2 is 1.09 bits per heavy atom. The van der Waals surface area contributed by atoms with E-state index in [9.17, 15) is 0 Å². The van der Waals surface area contributed by atoms with Crippen LogP contribution in [-0.4, -0.2) is 22.9 Å². The van der Waals surface area contributed by atoms with Gasteiger partial charge in [0, 0.05) is 16.3 Å². The number of aromatic nitrogens is 1. The Morgan fingerprint density at radius 1 is 0.511 bits per heavy atom. The molecule has 1 aliphatic carbocycles. The number of nitrogens with zero attached hydrogens (tertiary/aromatic N) is 1. The largest absolute Gasteiger partial charge is 0.494 e. The van der Waals surface area contributed by atoms with Crippen molar-refractivity contribution < 1.29 is 9.31 Å². The van der Waals surface area contributed by atoms with E-state index >= 15 is 0 Å². The summed E-state index contributed by atoms with van der Waals surface area (Å²) in [6.07, 6.45) is 0. The van der Waals surface area contributed by atoms with Crippen molar-refractivity contribution in [2.45, 2.75) is 44.3 Å². The van der Waals surface area contributed by atoms with E-state index in [1.807, 2.05) is 0 Å². The first-order valence-electron chi connectivity index (χ1n) is 16.5. The van der Waals surface area contributed by atoms with Gasteiger partial charge in [-0.25, -0.2) is 0 Å². The zero-order valence-corrected chi connectivity index (χ0v) is 27.2. The van der Waals surface area contributed by atoms with E-state index in [0.717, 1.165) is 11.0 Å². The zero-order valence-electron chi connectivity index (χ0n) is 27.2. The quantitative estimate of drug-likeness (QED) is 0.186. The van der Waals surface area contributed by atoms with E-state index < -0.39 is 23.7 Å². The monoisotopic (exact) mass is 609 g/mol. The van der Waals surface area contributed by atoms with Crippen molar-refractivity contribution in [2.24, 2.45) is 0 Å². The SMILES string of the molecule is CC1(C)OB(c2ccc3c4ccccc4n(-c4cccc5c4C(c4ccccc4)(c4ccccc4)c4ccccc4-5)c3c2)OC1(C)C. The van der Waals surface area contributed by atoms with Gasteiger partial charge in [-0.05, 0) is 79.2 Å². The van der Waals surface area contributed by atoms with Crippen LogP contribution in [0.4, 0.5) is 0 Å². The molecule has 2 heterocycles. The number of hydrogen-bond acceptors (Lipinski definition) is 2. The first-order valence-corrected chi connectivity index (χ1v) is 16.5. The van der Waals surface area contributed by atoms with Gasteiger partial charge in [0.05, 0.1) is 33.3 Å². The molecule has 4 heteroatoms. The van der Waals surface area contributed by atoms with Gasteiger partial charge in [-0.15, -0.1) is 0 Å². The van der Waals surface area contributed by atoms with Gasteiger partial charge in [-0.1, -0.05) is 127 Å². The molecular weight excluding hydrogens is 573 g/mol. The second kappa shape index (κ2) is 10.1. The van der Waals surface area contributed by atoms with E-state index in [4.69, 9.17) is 9.31 Å². The van der Waals surface area contributed by atoms with Gasteiger partial charge in [0.2, 0.25) is 0 Å². The molecule has 0 saturated carbocycles. The number of rotatable bonds is 4. The molecule has 2 aliphatic rings. The molecule has 7 aromatic rings. The third-order valence-corrected chi connectivity index (χ3v) is 10.9. The Bertz CT molecular complexity index is 2260. The Labute approximate surface area is 276 Å². The van der Waals surface area contributed by atoms with Crippen LogP contribution in [0.2, 0.25) is 0 Å². The van der Waals surface area contributed by atoms with Crippen molar-refractivity contribution in [3.63, 3.8) is 0 Å². The van der Waals surface area contributed by atoms with Crippen molar-refractivity contribution in [1.29, 1.82) is 0 Å². The number of fused-ring (bicyclic) bond motifs is 6. The summed E-state index contributed by atoms with van der Waals surface area (Å²) in [4.78, 5) is 0. The predicted octanol–water partition coefficient (Wildman–Crippen LogP) is 9.45. The maximum Gasteiger partial charge on any atom is 0.494 e. The van der Waals surface area contributed by atoms with E-state index in [2.05, 4.69) is 178 Å². The van der Waals surface area contributed by atoms with Crippen molar-refractivity contribution >= 4 is 34.4 Å². The Morgan fingerprint density at radius 3 is 1.79 bits per heavy atom. The molecule has 0 unspecified atom stereocenters. The highest BCUT2D eigenvalue weighted by atomic mass is 16.7. The fourth-order valence-corrected chi connectivity index (χ4v) is 8.04. The van der Waals surface area contributed by atoms with Crippen LogP contribution in [0, 0.1) is 0 Å². The van der Waals surface area contributed by atoms with Crippen LogP contribution in [-0.2, 0) is 14.7 Å². The molecule has 1 aromatic heterocycles. The summed E-state index contributed by atoms with van der Waals surface area (Å²) in [6, 6.07) is 53.3. The molecule has 0 spiro atoms. The van der Waals surface area contributed by atoms with Crippen molar-refractivity contribution in [2.75, 3.05) is 0 Å². The molecule has 0 atom stereocenters. The average molecular weight is 610 g/mol. The molecule has 0 radical (unpaired) electrons. The highest BCUT2D eigenvalue weighted by Gasteiger charge is 2.52. The minimum absolute atomic E-state index is 0.420. The third-order valence-electron chi connectivity index (χ3n) is 10.9. The first-order chi connectivity index (χ1) is 22.8. The van der Waals surface area contributed by atoms with Crippen molar-refractivity contribution in [1.82, 2.24) is 4.57 Å². The normalized spacial score (nSPS) is 17.2. The van der Waals surface area contributed by atoms with Crippen LogP contribution < -0.4 is 5.46 Å². The van der Waals surface area contributed by atoms with Gasteiger partial charge < -0.3 is 13.9 Å². The molecule has 1 fully saturated rings. The Hall–Kier alpha value is -4.90. The number of para-hydroxylation sites is 1. The second-order valence-electron chi connectivity index (χ2n) is 13.9. The van der Waals surface area contributed by atoms with E-state index in [1.165, 1.54) is 55.4 Å². The maximum absolute atomic E-state index is 6.55. The van der Waals surface area contributed by atoms with Crippen LogP contribution in [0.5, 0.6) is 0 Å². The number of benzene rings is 6. The topological polar surface area (TPSA) is 23.4 Å². The maximum atomic E-state index is 6.55. The first kappa shape index (κ1) is 28.3. The lowest BCUT2D eigenvalue weighted by atomic mass is 9.67. The smallest absolute Gasteiger partial charge is 0.399 e. The lowest BCUT2D eigenvalue weighted by molar-refractivity contribution is 0.00578. The summed E-state index contributed by atoms with van der Waals surface area (Å²) in [5.74, 6) is 0. The van der Waals surface area contributed by atoms with Gasteiger partial charge in [-0.3, -0.25) is 0 Å². The Balaban J connectivity index is 1.39. The predicted molar refractivity (Wildman–Crippen MR) is 194 cm³/mol. The van der Waals surface area contributed by atoms with Gasteiger partial charge >= 0.3 is 7.12 Å². The van der Waals surface area contributed by atoms with Crippen LogP contribution >= 0.6 is 0 Å². The molecule has 47 heavy (non-hydrogen) atoms. The molecule has 0 amide bonds. The molecule has 6 aromatic carbocycles. The van der Waals surface area contributed by atoms with Crippen LogP contribution in [0.15, 0.2) is 146 Å². The van der Waals surface area contributed by atoms with Gasteiger partial charge in [0.1, 0.15) is 0 Å². The minimum Gasteiger partial charge on any atom is -0.399 e. The highest BCUT2D eigenvalue weighted by Crippen LogP contribution is 2.58. The van der Waals surface area contributed by atoms with Crippen molar-refractivity contribution in [3.05, 3.63) is 168 Å². The van der Waals surface area contributed by atoms with Gasteiger partial charge in [-0.2, -0.15) is 0 Å². The van der Waals surface area contributed by atoms with E-state index in [1.54, 1.807) is 0 Å². The van der Waals surface area contributed by atoms with E-state index in [-0.39, 0.29) is 0 Å². The minimum atomic E-state index is -0.522. The highest BCUT2D eigenvalue weighted by molar-refractivity contribution is 6.62. The molecule has 9 rings (SSSR count). The molecule has 3 nitrogen and oxygen atoms in total. The van der Waals surface area contributed by atoms with E-state index in [0.29, 0.717) is 0 Å². The van der Waals surface area contributed by atoms with Crippen molar-refractivity contribution in [3.8, 4) is 16.8 Å². The summed E-state index contributed by atoms with van der Waals surface area (Å²) < 4.78 is 15.6. The molecule has 1 saturated heterocycles. The summed E-state index contributed by atoms with van der Waals surface area (Å²) in [6.45, 7) is 8.45. The summed E-state index contributed by atoms with van der Waals surface area (Å²) >= 11 is 0. The zero-order chi connectivity index (χ0) is 32.0. The molecule has 0 N–H and O–H groups in total. The Kier molecular flexibility index (Phi) is 6.06. The fourth-order valence-electron chi connectivity index (χ4n) is 8.04. The van der Waals surface area contributed by atoms with Crippen LogP contribution in [0.3, 0.4) is 0 Å². The molecule has 0 bridgehead atoms. The lowest BCUT2D eigenvalue weighted by Gasteiger charge is -2.35. The van der Waals surface area contributed by atoms with Crippen LogP contribution in [0.1, 0.15) is 49.9 Å². The molecular formula is C43H36BNO2. The summed E-state index contributed by atoms with van der Waals surface area (Å²) in [7, 11) is -0.450. The van der Waals surface area contributed by atoms with Crippen LogP contribution in [0.25, 0.3) is 38.6 Å². The average Bonchev–Trinajstić information content (AvgIpc) is 3.67. The standard InChI is InChI=1S/C43H36BNO2/c1-41(2)42(3,4)47-44(46-41)31-26-27-34-33-21-12-14-24-37(33)45(39(34)28-31)38-25-15-22-35-32-20-11-13-23-36(32)43(40(35)38,29-16-7-5-8-17-29)30-18-9-6-10-19-30/h5-28H,1-4H3.